The zero-order chi connectivity index (χ0) is 27.9. The number of methoxy groups -OCH3 is 2. The highest BCUT2D eigenvalue weighted by atomic mass is 32.2. The molecule has 2 aromatic heterocycles. The largest absolute Gasteiger partial charge is 0.493 e. The van der Waals surface area contributed by atoms with E-state index in [2.05, 4.69) is 9.72 Å². The Kier molecular flexibility index (Phi) is 8.26. The van der Waals surface area contributed by atoms with E-state index in [1.54, 1.807) is 41.6 Å². The molecule has 10 heteroatoms. The summed E-state index contributed by atoms with van der Waals surface area (Å²) in [6.07, 6.45) is 5.24. The number of carbonyl (C=O) groups excluding carboxylic acids is 2. The molecule has 202 valence electrons. The number of amides is 1. The molecule has 1 aliphatic heterocycles. The van der Waals surface area contributed by atoms with E-state index >= 15 is 0 Å². The van der Waals surface area contributed by atoms with Crippen LogP contribution in [0.15, 0.2) is 99.5 Å². The summed E-state index contributed by atoms with van der Waals surface area (Å²) in [5, 5.41) is 0.586. The fourth-order valence-electron chi connectivity index (χ4n) is 3.88. The van der Waals surface area contributed by atoms with E-state index in [9.17, 15) is 9.59 Å². The third-order valence-corrected chi connectivity index (χ3v) is 6.84. The predicted octanol–water partition coefficient (Wildman–Crippen LogP) is 5.85. The van der Waals surface area contributed by atoms with Crippen LogP contribution >= 0.6 is 11.8 Å². The van der Waals surface area contributed by atoms with Gasteiger partial charge >= 0.3 is 5.97 Å². The Balaban J connectivity index is 1.37. The highest BCUT2D eigenvalue weighted by Gasteiger charge is 2.33. The van der Waals surface area contributed by atoms with Crippen molar-refractivity contribution in [2.45, 2.75) is 13.2 Å². The van der Waals surface area contributed by atoms with Crippen LogP contribution in [0.2, 0.25) is 0 Å². The number of esters is 1. The van der Waals surface area contributed by atoms with E-state index in [0.717, 1.165) is 16.8 Å². The van der Waals surface area contributed by atoms with E-state index in [0.29, 0.717) is 33.9 Å². The van der Waals surface area contributed by atoms with E-state index in [1.165, 1.54) is 32.0 Å². The molecule has 1 aliphatic rings. The van der Waals surface area contributed by atoms with Crippen LogP contribution in [0, 0.1) is 0 Å². The molecule has 0 atom stereocenters. The molecule has 3 heterocycles. The summed E-state index contributed by atoms with van der Waals surface area (Å²) in [7, 11) is 2.83. The molecule has 4 aromatic rings. The Bertz CT molecular complexity index is 1570. The topological polar surface area (TPSA) is 103 Å². The molecule has 0 aliphatic carbocycles. The van der Waals surface area contributed by atoms with Crippen molar-refractivity contribution < 1.29 is 28.2 Å². The lowest BCUT2D eigenvalue weighted by atomic mass is 10.1. The number of furan rings is 1. The summed E-state index contributed by atoms with van der Waals surface area (Å²) >= 11 is 1.31. The van der Waals surface area contributed by atoms with Crippen LogP contribution in [0.5, 0.6) is 11.5 Å². The highest BCUT2D eigenvalue weighted by molar-refractivity contribution is 8.18. The monoisotopic (exact) mass is 555 g/mol. The van der Waals surface area contributed by atoms with Crippen molar-refractivity contribution >= 4 is 40.6 Å². The highest BCUT2D eigenvalue weighted by Crippen LogP contribution is 2.37. The maximum atomic E-state index is 13.5. The van der Waals surface area contributed by atoms with Gasteiger partial charge in [-0.25, -0.2) is 9.79 Å². The van der Waals surface area contributed by atoms with Crippen molar-refractivity contribution in [2.24, 2.45) is 4.99 Å². The van der Waals surface area contributed by atoms with Crippen molar-refractivity contribution in [1.82, 2.24) is 9.88 Å². The lowest BCUT2D eigenvalue weighted by molar-refractivity contribution is -0.122. The number of nitrogens with zero attached hydrogens (tertiary/aromatic N) is 3. The Morgan fingerprint density at radius 2 is 1.90 bits per heavy atom. The summed E-state index contributed by atoms with van der Waals surface area (Å²) in [5.41, 5.74) is 2.42. The molecule has 2 aromatic carbocycles. The van der Waals surface area contributed by atoms with Gasteiger partial charge in [0, 0.05) is 12.4 Å². The van der Waals surface area contributed by atoms with Gasteiger partial charge in [0.25, 0.3) is 5.91 Å². The van der Waals surface area contributed by atoms with Crippen LogP contribution in [0.25, 0.3) is 6.08 Å². The van der Waals surface area contributed by atoms with Gasteiger partial charge in [0.15, 0.2) is 16.7 Å². The molecule has 0 unspecified atom stereocenters. The summed E-state index contributed by atoms with van der Waals surface area (Å²) in [5.74, 6) is 0.811. The zero-order valence-corrected chi connectivity index (χ0v) is 22.6. The predicted molar refractivity (Wildman–Crippen MR) is 151 cm³/mol. The standard InChI is InChI=1S/C30H25N3O6S/c1-36-26-15-20(10-12-24(26)38-19-23-11-13-25(39-23)29(35)37-2)16-27-28(34)33(18-21-7-6-14-31-17-21)30(40-27)32-22-8-4-3-5-9-22/h3-17H,18-19H2,1-2H3. The number of ether oxygens (including phenoxy) is 3. The summed E-state index contributed by atoms with van der Waals surface area (Å²) in [6, 6.07) is 21.8. The number of thioether (sulfide) groups is 1. The third-order valence-electron chi connectivity index (χ3n) is 5.84. The maximum absolute atomic E-state index is 13.5. The number of amidine groups is 1. The summed E-state index contributed by atoms with van der Waals surface area (Å²) in [6.45, 7) is 0.438. The van der Waals surface area contributed by atoms with E-state index < -0.39 is 5.97 Å². The van der Waals surface area contributed by atoms with E-state index in [-0.39, 0.29) is 18.3 Å². The SMILES string of the molecule is COC(=O)c1ccc(COc2ccc(C=C3SC(=Nc4ccccc4)N(Cc4cccnc4)C3=O)cc2OC)o1. The number of rotatable bonds is 9. The fraction of sp³-hybridized carbons (Fsp3) is 0.133. The van der Waals surface area contributed by atoms with Crippen molar-refractivity contribution in [3.8, 4) is 11.5 Å². The number of hydrogen-bond donors (Lipinski definition) is 0. The Labute approximate surface area is 235 Å². The minimum absolute atomic E-state index is 0.0880. The van der Waals surface area contributed by atoms with Gasteiger partial charge in [-0.05, 0) is 71.4 Å². The number of pyridine rings is 1. The molecule has 1 saturated heterocycles. The first-order chi connectivity index (χ1) is 19.5. The number of hydrogen-bond acceptors (Lipinski definition) is 9. The zero-order valence-electron chi connectivity index (χ0n) is 21.8. The molecule has 1 amide bonds. The molecule has 0 bridgehead atoms. The Morgan fingerprint density at radius 1 is 1.05 bits per heavy atom. The Hall–Kier alpha value is -4.83. The first-order valence-electron chi connectivity index (χ1n) is 12.3. The molecule has 5 rings (SSSR count). The smallest absolute Gasteiger partial charge is 0.373 e. The van der Waals surface area contributed by atoms with E-state index in [1.807, 2.05) is 48.5 Å². The average Bonchev–Trinajstić information content (AvgIpc) is 3.58. The lowest BCUT2D eigenvalue weighted by Crippen LogP contribution is -2.28. The third kappa shape index (κ3) is 6.24. The van der Waals surface area contributed by atoms with Gasteiger partial charge in [0.05, 0.1) is 31.4 Å². The molecule has 0 radical (unpaired) electrons. The van der Waals surface area contributed by atoms with Crippen LogP contribution in [-0.2, 0) is 22.7 Å². The van der Waals surface area contributed by atoms with E-state index in [4.69, 9.17) is 18.9 Å². The van der Waals surface area contributed by atoms with Crippen molar-refractivity contribution in [3.63, 3.8) is 0 Å². The number of benzene rings is 2. The van der Waals surface area contributed by atoms with Gasteiger partial charge in [0.1, 0.15) is 12.4 Å². The second kappa shape index (κ2) is 12.4. The van der Waals surface area contributed by atoms with Gasteiger partial charge < -0.3 is 18.6 Å². The summed E-state index contributed by atoms with van der Waals surface area (Å²) in [4.78, 5) is 36.2. The molecule has 40 heavy (non-hydrogen) atoms. The van der Waals surface area contributed by atoms with Crippen molar-refractivity contribution in [3.05, 3.63) is 113 Å². The van der Waals surface area contributed by atoms with Crippen molar-refractivity contribution in [1.29, 1.82) is 0 Å². The first-order valence-corrected chi connectivity index (χ1v) is 13.1. The average molecular weight is 556 g/mol. The van der Waals surface area contributed by atoms with Crippen LogP contribution in [0.1, 0.15) is 27.4 Å². The van der Waals surface area contributed by atoms with Crippen molar-refractivity contribution in [2.75, 3.05) is 14.2 Å². The molecule has 1 fully saturated rings. The lowest BCUT2D eigenvalue weighted by Gasteiger charge is -2.15. The molecule has 0 N–H and O–H groups in total. The summed E-state index contributed by atoms with van der Waals surface area (Å²) < 4.78 is 21.5. The van der Waals surface area contributed by atoms with Gasteiger partial charge in [-0.1, -0.05) is 30.3 Å². The van der Waals surface area contributed by atoms with Gasteiger partial charge in [-0.3, -0.25) is 14.7 Å². The van der Waals surface area contributed by atoms with Crippen LogP contribution in [-0.4, -0.2) is 41.1 Å². The second-order valence-electron chi connectivity index (χ2n) is 8.55. The number of carbonyl (C=O) groups is 2. The molecular formula is C30H25N3O6S. The van der Waals surface area contributed by atoms with Crippen LogP contribution in [0.3, 0.4) is 0 Å². The quantitative estimate of drug-likeness (QED) is 0.187. The Morgan fingerprint density at radius 3 is 2.65 bits per heavy atom. The molecular weight excluding hydrogens is 530 g/mol. The first kappa shape index (κ1) is 26.8. The van der Waals surface area contributed by atoms with Crippen LogP contribution in [0.4, 0.5) is 5.69 Å². The fourth-order valence-corrected chi connectivity index (χ4v) is 4.88. The van der Waals surface area contributed by atoms with Gasteiger partial charge in [-0.15, -0.1) is 0 Å². The normalized spacial score (nSPS) is 15.1. The van der Waals surface area contributed by atoms with Crippen LogP contribution < -0.4 is 9.47 Å². The van der Waals surface area contributed by atoms with Gasteiger partial charge in [-0.2, -0.15) is 0 Å². The number of aliphatic imine (C=N–C) groups is 1. The molecule has 9 nitrogen and oxygen atoms in total. The molecule has 0 saturated carbocycles. The minimum atomic E-state index is -0.559. The van der Waals surface area contributed by atoms with Gasteiger partial charge in [0.2, 0.25) is 5.76 Å². The second-order valence-corrected chi connectivity index (χ2v) is 9.56. The molecule has 0 spiro atoms. The minimum Gasteiger partial charge on any atom is -0.493 e. The number of aromatic nitrogens is 1. The number of para-hydroxylation sites is 1. The maximum Gasteiger partial charge on any atom is 0.373 e.